The summed E-state index contributed by atoms with van der Waals surface area (Å²) in [6.45, 7) is 2.14. The Bertz CT molecular complexity index is 257. The van der Waals surface area contributed by atoms with Crippen molar-refractivity contribution in [2.45, 2.75) is 63.3 Å². The molecule has 18 heavy (non-hydrogen) atoms. The molecule has 0 amide bonds. The number of hydrogen-bond donors (Lipinski definition) is 1. The molecule has 108 valence electrons. The Morgan fingerprint density at radius 1 is 1.44 bits per heavy atom. The molecule has 1 N–H and O–H groups in total. The summed E-state index contributed by atoms with van der Waals surface area (Å²) in [4.78, 5) is 0. The minimum Gasteiger partial charge on any atom is -0.377 e. The van der Waals surface area contributed by atoms with E-state index in [1.165, 1.54) is 0 Å². The van der Waals surface area contributed by atoms with Gasteiger partial charge in [0.15, 0.2) is 0 Å². The summed E-state index contributed by atoms with van der Waals surface area (Å²) >= 11 is 0. The van der Waals surface area contributed by atoms with Crippen LogP contribution >= 0.6 is 0 Å². The fraction of sp³-hybridized carbons (Fsp3) is 1.00. The van der Waals surface area contributed by atoms with Crippen LogP contribution in [0.2, 0.25) is 0 Å². The molecular weight excluding hydrogens is 243 g/mol. The molecule has 2 nitrogen and oxygen atoms in total. The molecule has 1 rings (SSSR count). The van der Waals surface area contributed by atoms with Crippen LogP contribution in [-0.2, 0) is 4.74 Å². The molecule has 1 aliphatic rings. The van der Waals surface area contributed by atoms with E-state index < -0.39 is 18.2 Å². The van der Waals surface area contributed by atoms with E-state index >= 15 is 0 Å². The van der Waals surface area contributed by atoms with Gasteiger partial charge in [-0.2, -0.15) is 13.2 Å². The predicted molar refractivity (Wildman–Crippen MR) is 65.5 cm³/mol. The third-order valence-corrected chi connectivity index (χ3v) is 4.10. The molecule has 3 unspecified atom stereocenters. The first kappa shape index (κ1) is 15.8. The zero-order chi connectivity index (χ0) is 13.8. The Morgan fingerprint density at radius 3 is 2.56 bits per heavy atom. The molecule has 0 aromatic rings. The molecule has 1 saturated carbocycles. The lowest BCUT2D eigenvalue weighted by molar-refractivity contribution is -0.144. The van der Waals surface area contributed by atoms with Crippen LogP contribution in [0.3, 0.4) is 0 Å². The van der Waals surface area contributed by atoms with E-state index in [4.69, 9.17) is 4.74 Å². The van der Waals surface area contributed by atoms with E-state index in [1.807, 2.05) is 0 Å². The van der Waals surface area contributed by atoms with Crippen LogP contribution in [0.5, 0.6) is 0 Å². The minimum absolute atomic E-state index is 0.0839. The largest absolute Gasteiger partial charge is 0.389 e. The number of nitrogens with one attached hydrogen (secondary N) is 1. The molecule has 0 aliphatic heterocycles. The number of methoxy groups -OCH3 is 1. The second-order valence-electron chi connectivity index (χ2n) is 5.47. The van der Waals surface area contributed by atoms with Crippen LogP contribution in [0.4, 0.5) is 13.2 Å². The second-order valence-corrected chi connectivity index (χ2v) is 5.47. The maximum Gasteiger partial charge on any atom is 0.389 e. The first-order valence-electron chi connectivity index (χ1n) is 6.62. The Kier molecular flexibility index (Phi) is 5.46. The van der Waals surface area contributed by atoms with Gasteiger partial charge in [0.25, 0.3) is 0 Å². The monoisotopic (exact) mass is 267 g/mol. The Hall–Kier alpha value is -0.290. The Balaban J connectivity index is 2.70. The SMILES string of the molecule is CNC(CCC(F)(F)F)C1(OC)CCCC(C)C1. The summed E-state index contributed by atoms with van der Waals surface area (Å²) in [5.41, 5.74) is -0.433. The molecule has 0 radical (unpaired) electrons. The topological polar surface area (TPSA) is 21.3 Å². The average Bonchev–Trinajstić information content (AvgIpc) is 2.28. The van der Waals surface area contributed by atoms with E-state index in [1.54, 1.807) is 14.2 Å². The molecule has 5 heteroatoms. The highest BCUT2D eigenvalue weighted by Crippen LogP contribution is 2.39. The van der Waals surface area contributed by atoms with Crippen molar-refractivity contribution in [2.24, 2.45) is 5.92 Å². The van der Waals surface area contributed by atoms with Gasteiger partial charge in [-0.05, 0) is 32.2 Å². The van der Waals surface area contributed by atoms with E-state index in [0.717, 1.165) is 25.7 Å². The number of likely N-dealkylation sites (N-methyl/N-ethyl adjacent to an activating group) is 1. The first-order valence-corrected chi connectivity index (χ1v) is 6.62. The number of hydrogen-bond acceptors (Lipinski definition) is 2. The maximum atomic E-state index is 12.4. The molecular formula is C13H24F3NO. The lowest BCUT2D eigenvalue weighted by atomic mass is 9.73. The van der Waals surface area contributed by atoms with Gasteiger partial charge < -0.3 is 10.1 Å². The van der Waals surface area contributed by atoms with E-state index in [-0.39, 0.29) is 12.5 Å². The van der Waals surface area contributed by atoms with Gasteiger partial charge in [-0.25, -0.2) is 0 Å². The number of halogens is 3. The summed E-state index contributed by atoms with van der Waals surface area (Å²) in [5.74, 6) is 0.514. The van der Waals surface area contributed by atoms with Crippen molar-refractivity contribution in [3.8, 4) is 0 Å². The van der Waals surface area contributed by atoms with Crippen LogP contribution in [0.15, 0.2) is 0 Å². The summed E-state index contributed by atoms with van der Waals surface area (Å²) in [6.07, 6.45) is -0.910. The standard InChI is InChI=1S/C13H24F3NO/c1-10-5-4-7-12(9-10,18-3)11(17-2)6-8-13(14,15)16/h10-11,17H,4-9H2,1-3H3. The third-order valence-electron chi connectivity index (χ3n) is 4.10. The van der Waals surface area contributed by atoms with Gasteiger partial charge in [0.2, 0.25) is 0 Å². The quantitative estimate of drug-likeness (QED) is 0.823. The second kappa shape index (κ2) is 6.24. The van der Waals surface area contributed by atoms with Crippen LogP contribution in [-0.4, -0.2) is 32.0 Å². The fourth-order valence-corrected chi connectivity index (χ4v) is 3.17. The smallest absolute Gasteiger partial charge is 0.377 e. The Morgan fingerprint density at radius 2 is 2.11 bits per heavy atom. The molecule has 1 fully saturated rings. The minimum atomic E-state index is -4.09. The number of rotatable bonds is 5. The molecule has 0 aromatic carbocycles. The van der Waals surface area contributed by atoms with E-state index in [9.17, 15) is 13.2 Å². The van der Waals surface area contributed by atoms with Gasteiger partial charge in [0, 0.05) is 19.6 Å². The normalized spacial score (nSPS) is 31.3. The van der Waals surface area contributed by atoms with Gasteiger partial charge in [0.1, 0.15) is 0 Å². The Labute approximate surface area is 107 Å². The highest BCUT2D eigenvalue weighted by molar-refractivity contribution is 4.96. The van der Waals surface area contributed by atoms with Crippen LogP contribution in [0, 0.1) is 5.92 Å². The van der Waals surface area contributed by atoms with Gasteiger partial charge in [-0.1, -0.05) is 19.8 Å². The summed E-state index contributed by atoms with van der Waals surface area (Å²) in [6, 6.07) is -0.230. The van der Waals surface area contributed by atoms with Crippen molar-refractivity contribution >= 4 is 0 Å². The van der Waals surface area contributed by atoms with Crippen LogP contribution in [0.25, 0.3) is 0 Å². The average molecular weight is 267 g/mol. The van der Waals surface area contributed by atoms with Crippen LogP contribution < -0.4 is 5.32 Å². The molecule has 0 bridgehead atoms. The predicted octanol–water partition coefficient (Wildman–Crippen LogP) is 3.51. The van der Waals surface area contributed by atoms with Crippen molar-refractivity contribution in [2.75, 3.05) is 14.2 Å². The highest BCUT2D eigenvalue weighted by Gasteiger charge is 2.42. The number of alkyl halides is 3. The lowest BCUT2D eigenvalue weighted by Gasteiger charge is -2.44. The fourth-order valence-electron chi connectivity index (χ4n) is 3.17. The van der Waals surface area contributed by atoms with Crippen LogP contribution in [0.1, 0.15) is 45.4 Å². The molecule has 0 saturated heterocycles. The zero-order valence-electron chi connectivity index (χ0n) is 11.4. The lowest BCUT2D eigenvalue weighted by Crippen LogP contribution is -2.53. The van der Waals surface area contributed by atoms with E-state index in [0.29, 0.717) is 5.92 Å². The molecule has 3 atom stereocenters. The zero-order valence-corrected chi connectivity index (χ0v) is 11.4. The molecule has 0 spiro atoms. The molecule has 0 heterocycles. The molecule has 1 aliphatic carbocycles. The summed E-state index contributed by atoms with van der Waals surface area (Å²) in [5, 5.41) is 3.03. The van der Waals surface area contributed by atoms with Gasteiger partial charge in [-0.15, -0.1) is 0 Å². The first-order chi connectivity index (χ1) is 8.33. The van der Waals surface area contributed by atoms with Crippen molar-refractivity contribution in [1.82, 2.24) is 5.32 Å². The van der Waals surface area contributed by atoms with Crippen molar-refractivity contribution in [3.05, 3.63) is 0 Å². The summed E-state index contributed by atoms with van der Waals surface area (Å²) < 4.78 is 42.7. The van der Waals surface area contributed by atoms with Gasteiger partial charge >= 0.3 is 6.18 Å². The maximum absolute atomic E-state index is 12.4. The van der Waals surface area contributed by atoms with Crippen molar-refractivity contribution in [1.29, 1.82) is 0 Å². The van der Waals surface area contributed by atoms with Gasteiger partial charge in [0.05, 0.1) is 5.60 Å². The molecule has 0 aromatic heterocycles. The van der Waals surface area contributed by atoms with E-state index in [2.05, 4.69) is 12.2 Å². The third kappa shape index (κ3) is 4.12. The number of ether oxygens (including phenoxy) is 1. The van der Waals surface area contributed by atoms with Crippen molar-refractivity contribution < 1.29 is 17.9 Å². The van der Waals surface area contributed by atoms with Crippen molar-refractivity contribution in [3.63, 3.8) is 0 Å². The highest BCUT2D eigenvalue weighted by atomic mass is 19.4. The summed E-state index contributed by atoms with van der Waals surface area (Å²) in [7, 11) is 3.34. The van der Waals surface area contributed by atoms with Gasteiger partial charge in [-0.3, -0.25) is 0 Å².